The summed E-state index contributed by atoms with van der Waals surface area (Å²) < 4.78 is 0. The van der Waals surface area contributed by atoms with Crippen LogP contribution in [0.5, 0.6) is 0 Å². The van der Waals surface area contributed by atoms with E-state index >= 15 is 0 Å². The van der Waals surface area contributed by atoms with E-state index < -0.39 is 0 Å². The molecule has 0 saturated heterocycles. The van der Waals surface area contributed by atoms with E-state index in [9.17, 15) is 4.79 Å². The SMILES string of the molecule is O=C(Nc1cccnc1Cl)[C@H]1C[C@H]2CC[C@H]1C2. The fraction of sp³-hybridized carbons (Fsp3) is 0.538. The van der Waals surface area contributed by atoms with Crippen LogP contribution in [0.15, 0.2) is 18.3 Å². The number of halogens is 1. The van der Waals surface area contributed by atoms with Crippen molar-refractivity contribution in [3.05, 3.63) is 23.5 Å². The number of hydrogen-bond acceptors (Lipinski definition) is 2. The molecule has 0 spiro atoms. The van der Waals surface area contributed by atoms with Crippen LogP contribution in [0.4, 0.5) is 5.69 Å². The second-order valence-corrected chi connectivity index (χ2v) is 5.47. The number of carbonyl (C=O) groups is 1. The molecule has 3 rings (SSSR count). The first-order valence-electron chi connectivity index (χ1n) is 6.15. The molecule has 1 amide bonds. The van der Waals surface area contributed by atoms with Crippen molar-refractivity contribution in [1.29, 1.82) is 0 Å². The molecular weight excluding hydrogens is 236 g/mol. The van der Waals surface area contributed by atoms with Crippen molar-refractivity contribution in [3.8, 4) is 0 Å². The molecule has 2 aliphatic carbocycles. The summed E-state index contributed by atoms with van der Waals surface area (Å²) in [5.74, 6) is 1.67. The smallest absolute Gasteiger partial charge is 0.227 e. The van der Waals surface area contributed by atoms with Gasteiger partial charge in [-0.2, -0.15) is 0 Å². The lowest BCUT2D eigenvalue weighted by Gasteiger charge is -2.20. The Morgan fingerprint density at radius 3 is 2.94 bits per heavy atom. The zero-order valence-electron chi connectivity index (χ0n) is 9.53. The monoisotopic (exact) mass is 250 g/mol. The summed E-state index contributed by atoms with van der Waals surface area (Å²) in [6, 6.07) is 3.57. The van der Waals surface area contributed by atoms with E-state index in [4.69, 9.17) is 11.6 Å². The van der Waals surface area contributed by atoms with Gasteiger partial charge in [0.05, 0.1) is 5.69 Å². The van der Waals surface area contributed by atoms with E-state index in [-0.39, 0.29) is 11.8 Å². The topological polar surface area (TPSA) is 42.0 Å². The number of nitrogens with one attached hydrogen (secondary N) is 1. The van der Waals surface area contributed by atoms with Crippen molar-refractivity contribution >= 4 is 23.2 Å². The summed E-state index contributed by atoms with van der Waals surface area (Å²) in [5, 5.41) is 3.27. The number of anilines is 1. The van der Waals surface area contributed by atoms with E-state index in [1.807, 2.05) is 0 Å². The van der Waals surface area contributed by atoms with Gasteiger partial charge in [-0.05, 0) is 43.2 Å². The maximum atomic E-state index is 12.2. The summed E-state index contributed by atoms with van der Waals surface area (Å²) in [5.41, 5.74) is 0.627. The number of rotatable bonds is 2. The first-order chi connectivity index (χ1) is 8.24. The third kappa shape index (κ3) is 2.04. The summed E-state index contributed by atoms with van der Waals surface area (Å²) >= 11 is 5.93. The highest BCUT2D eigenvalue weighted by Crippen LogP contribution is 2.48. The Morgan fingerprint density at radius 1 is 1.41 bits per heavy atom. The molecule has 90 valence electrons. The number of amides is 1. The third-order valence-corrected chi connectivity index (χ3v) is 4.39. The van der Waals surface area contributed by atoms with Crippen LogP contribution in [0, 0.1) is 17.8 Å². The molecule has 1 N–H and O–H groups in total. The molecule has 1 aromatic heterocycles. The highest BCUT2D eigenvalue weighted by Gasteiger charge is 2.43. The van der Waals surface area contributed by atoms with Gasteiger partial charge in [0.2, 0.25) is 5.91 Å². The van der Waals surface area contributed by atoms with Gasteiger partial charge < -0.3 is 5.32 Å². The molecule has 2 aliphatic rings. The molecule has 0 unspecified atom stereocenters. The van der Waals surface area contributed by atoms with Crippen molar-refractivity contribution in [2.45, 2.75) is 25.7 Å². The predicted octanol–water partition coefficient (Wildman–Crippen LogP) is 3.11. The number of pyridine rings is 1. The second kappa shape index (κ2) is 4.30. The first kappa shape index (κ1) is 11.0. The fourth-order valence-electron chi connectivity index (χ4n) is 3.27. The molecule has 0 radical (unpaired) electrons. The van der Waals surface area contributed by atoms with Gasteiger partial charge in [-0.15, -0.1) is 0 Å². The summed E-state index contributed by atoms with van der Waals surface area (Å²) in [7, 11) is 0. The van der Waals surface area contributed by atoms with Gasteiger partial charge >= 0.3 is 0 Å². The lowest BCUT2D eigenvalue weighted by molar-refractivity contribution is -0.121. The van der Waals surface area contributed by atoms with Crippen LogP contribution < -0.4 is 5.32 Å². The average Bonchev–Trinajstić information content (AvgIpc) is 2.94. The number of hydrogen-bond donors (Lipinski definition) is 1. The molecule has 0 aliphatic heterocycles. The number of nitrogens with zero attached hydrogens (tertiary/aromatic N) is 1. The van der Waals surface area contributed by atoms with Crippen LogP contribution in [0.25, 0.3) is 0 Å². The van der Waals surface area contributed by atoms with Crippen molar-refractivity contribution in [1.82, 2.24) is 4.98 Å². The van der Waals surface area contributed by atoms with Crippen LogP contribution in [-0.2, 0) is 4.79 Å². The summed E-state index contributed by atoms with van der Waals surface area (Å²) in [4.78, 5) is 16.1. The molecule has 0 aromatic carbocycles. The third-order valence-electron chi connectivity index (χ3n) is 4.09. The van der Waals surface area contributed by atoms with E-state index in [0.29, 0.717) is 16.8 Å². The van der Waals surface area contributed by atoms with Gasteiger partial charge in [0, 0.05) is 12.1 Å². The fourth-order valence-corrected chi connectivity index (χ4v) is 3.44. The second-order valence-electron chi connectivity index (χ2n) is 5.11. The minimum atomic E-state index is 0.118. The van der Waals surface area contributed by atoms with Crippen LogP contribution in [0.2, 0.25) is 5.15 Å². The molecule has 17 heavy (non-hydrogen) atoms. The summed E-state index contributed by atoms with van der Waals surface area (Å²) in [6.45, 7) is 0. The number of carbonyl (C=O) groups excluding carboxylic acids is 1. The molecule has 4 heteroatoms. The standard InChI is InChI=1S/C13H15ClN2O/c14-12-11(2-1-5-15-12)16-13(17)10-7-8-3-4-9(10)6-8/h1-2,5,8-10H,3-4,6-7H2,(H,16,17)/t8-,9-,10-/m0/s1. The molecule has 3 nitrogen and oxygen atoms in total. The van der Waals surface area contributed by atoms with E-state index in [2.05, 4.69) is 10.3 Å². The predicted molar refractivity (Wildman–Crippen MR) is 66.8 cm³/mol. The van der Waals surface area contributed by atoms with Gasteiger partial charge in [0.25, 0.3) is 0 Å². The molecule has 3 atom stereocenters. The Labute approximate surface area is 106 Å². The maximum absolute atomic E-state index is 12.2. The number of fused-ring (bicyclic) bond motifs is 2. The highest BCUT2D eigenvalue weighted by atomic mass is 35.5. The molecule has 1 heterocycles. The molecule has 1 aromatic rings. The summed E-state index contributed by atoms with van der Waals surface area (Å²) in [6.07, 6.45) is 6.42. The van der Waals surface area contributed by atoms with E-state index in [1.165, 1.54) is 19.3 Å². The van der Waals surface area contributed by atoms with Crippen LogP contribution >= 0.6 is 11.6 Å². The Morgan fingerprint density at radius 2 is 2.29 bits per heavy atom. The van der Waals surface area contributed by atoms with Gasteiger partial charge in [0.1, 0.15) is 0 Å². The first-order valence-corrected chi connectivity index (χ1v) is 6.53. The van der Waals surface area contributed by atoms with Gasteiger partial charge in [-0.1, -0.05) is 18.0 Å². The average molecular weight is 251 g/mol. The Balaban J connectivity index is 1.70. The normalized spacial score (nSPS) is 30.5. The van der Waals surface area contributed by atoms with Gasteiger partial charge in [-0.3, -0.25) is 4.79 Å². The van der Waals surface area contributed by atoms with Crippen molar-refractivity contribution in [3.63, 3.8) is 0 Å². The van der Waals surface area contributed by atoms with Gasteiger partial charge in [0.15, 0.2) is 5.15 Å². The molecule has 2 saturated carbocycles. The zero-order chi connectivity index (χ0) is 11.8. The van der Waals surface area contributed by atoms with Crippen molar-refractivity contribution in [2.75, 3.05) is 5.32 Å². The lowest BCUT2D eigenvalue weighted by Crippen LogP contribution is -2.27. The number of aromatic nitrogens is 1. The maximum Gasteiger partial charge on any atom is 0.227 e. The van der Waals surface area contributed by atoms with Crippen molar-refractivity contribution < 1.29 is 4.79 Å². The van der Waals surface area contributed by atoms with Crippen LogP contribution in [-0.4, -0.2) is 10.9 Å². The van der Waals surface area contributed by atoms with Crippen LogP contribution in [0.1, 0.15) is 25.7 Å². The van der Waals surface area contributed by atoms with E-state index in [1.54, 1.807) is 18.3 Å². The molecular formula is C13H15ClN2O. The van der Waals surface area contributed by atoms with Crippen LogP contribution in [0.3, 0.4) is 0 Å². The minimum absolute atomic E-state index is 0.118. The lowest BCUT2D eigenvalue weighted by atomic mass is 9.88. The van der Waals surface area contributed by atoms with Crippen molar-refractivity contribution in [2.24, 2.45) is 17.8 Å². The quantitative estimate of drug-likeness (QED) is 0.820. The highest BCUT2D eigenvalue weighted by molar-refractivity contribution is 6.32. The minimum Gasteiger partial charge on any atom is -0.323 e. The molecule has 2 fully saturated rings. The Bertz CT molecular complexity index is 449. The largest absolute Gasteiger partial charge is 0.323 e. The van der Waals surface area contributed by atoms with Gasteiger partial charge in [-0.25, -0.2) is 4.98 Å². The Hall–Kier alpha value is -1.09. The Kier molecular flexibility index (Phi) is 2.79. The molecule has 2 bridgehead atoms. The van der Waals surface area contributed by atoms with E-state index in [0.717, 1.165) is 12.3 Å². The zero-order valence-corrected chi connectivity index (χ0v) is 10.3.